The lowest BCUT2D eigenvalue weighted by Gasteiger charge is -2.18. The Balaban J connectivity index is 2.06. The SMILES string of the molecule is CC(C)C(N)CNc1nc(-c2ccc(Cl)cc2O)nc2ccccc12. The summed E-state index contributed by atoms with van der Waals surface area (Å²) < 4.78 is 0. The number of para-hydroxylation sites is 1. The van der Waals surface area contributed by atoms with Crippen molar-refractivity contribution in [3.05, 3.63) is 47.5 Å². The van der Waals surface area contributed by atoms with Gasteiger partial charge < -0.3 is 16.2 Å². The fourth-order valence-corrected chi connectivity index (χ4v) is 2.64. The first-order valence-corrected chi connectivity index (χ1v) is 8.58. The van der Waals surface area contributed by atoms with E-state index in [1.54, 1.807) is 12.1 Å². The molecule has 130 valence electrons. The van der Waals surface area contributed by atoms with Crippen molar-refractivity contribution in [1.82, 2.24) is 9.97 Å². The van der Waals surface area contributed by atoms with Gasteiger partial charge >= 0.3 is 0 Å². The van der Waals surface area contributed by atoms with Gasteiger partial charge in [0.05, 0.1) is 11.1 Å². The van der Waals surface area contributed by atoms with Crippen molar-refractivity contribution >= 4 is 28.3 Å². The highest BCUT2D eigenvalue weighted by Gasteiger charge is 2.14. The minimum Gasteiger partial charge on any atom is -0.507 e. The number of fused-ring (bicyclic) bond motifs is 1. The predicted octanol–water partition coefficient (Wildman–Crippen LogP) is 4.05. The quantitative estimate of drug-likeness (QED) is 0.642. The van der Waals surface area contributed by atoms with Crippen LogP contribution in [0.2, 0.25) is 5.02 Å². The van der Waals surface area contributed by atoms with Crippen LogP contribution in [-0.2, 0) is 0 Å². The van der Waals surface area contributed by atoms with Crippen LogP contribution in [0.5, 0.6) is 5.75 Å². The van der Waals surface area contributed by atoms with Crippen LogP contribution in [0.4, 0.5) is 5.82 Å². The van der Waals surface area contributed by atoms with E-state index < -0.39 is 0 Å². The molecule has 25 heavy (non-hydrogen) atoms. The molecule has 0 radical (unpaired) electrons. The van der Waals surface area contributed by atoms with E-state index in [1.807, 2.05) is 24.3 Å². The molecule has 3 rings (SSSR count). The highest BCUT2D eigenvalue weighted by Crippen LogP contribution is 2.32. The molecule has 2 aromatic carbocycles. The van der Waals surface area contributed by atoms with Gasteiger partial charge in [0.2, 0.25) is 0 Å². The van der Waals surface area contributed by atoms with E-state index in [0.717, 1.165) is 10.9 Å². The van der Waals surface area contributed by atoms with Gasteiger partial charge in [0.25, 0.3) is 0 Å². The van der Waals surface area contributed by atoms with E-state index >= 15 is 0 Å². The molecule has 5 nitrogen and oxygen atoms in total. The van der Waals surface area contributed by atoms with Crippen LogP contribution in [0.3, 0.4) is 0 Å². The predicted molar refractivity (Wildman–Crippen MR) is 103 cm³/mol. The lowest BCUT2D eigenvalue weighted by molar-refractivity contribution is 0.477. The Kier molecular flexibility index (Phi) is 5.06. The van der Waals surface area contributed by atoms with Gasteiger partial charge in [-0.25, -0.2) is 9.97 Å². The van der Waals surface area contributed by atoms with E-state index in [4.69, 9.17) is 17.3 Å². The number of nitrogens with two attached hydrogens (primary N) is 1. The average molecular weight is 357 g/mol. The third kappa shape index (κ3) is 3.83. The molecule has 1 aromatic heterocycles. The number of nitrogens with one attached hydrogen (secondary N) is 1. The van der Waals surface area contributed by atoms with Crippen LogP contribution in [0.15, 0.2) is 42.5 Å². The van der Waals surface area contributed by atoms with Crippen molar-refractivity contribution in [2.24, 2.45) is 11.7 Å². The normalized spacial score (nSPS) is 12.5. The number of benzene rings is 2. The van der Waals surface area contributed by atoms with Crippen molar-refractivity contribution in [2.45, 2.75) is 19.9 Å². The molecular weight excluding hydrogens is 336 g/mol. The van der Waals surface area contributed by atoms with Crippen LogP contribution in [0, 0.1) is 5.92 Å². The highest BCUT2D eigenvalue weighted by molar-refractivity contribution is 6.30. The number of anilines is 1. The summed E-state index contributed by atoms with van der Waals surface area (Å²) in [5.74, 6) is 1.55. The summed E-state index contributed by atoms with van der Waals surface area (Å²) in [6, 6.07) is 12.7. The molecule has 4 N–H and O–H groups in total. The molecule has 3 aromatic rings. The Morgan fingerprint density at radius 3 is 2.64 bits per heavy atom. The molecule has 0 saturated heterocycles. The summed E-state index contributed by atoms with van der Waals surface area (Å²) in [4.78, 5) is 9.19. The van der Waals surface area contributed by atoms with Crippen molar-refractivity contribution in [3.63, 3.8) is 0 Å². The van der Waals surface area contributed by atoms with Crippen molar-refractivity contribution in [3.8, 4) is 17.1 Å². The average Bonchev–Trinajstić information content (AvgIpc) is 2.59. The fourth-order valence-electron chi connectivity index (χ4n) is 2.48. The van der Waals surface area contributed by atoms with E-state index in [9.17, 15) is 5.11 Å². The molecule has 1 atom stereocenters. The number of halogens is 1. The summed E-state index contributed by atoms with van der Waals surface area (Å²) >= 11 is 5.92. The van der Waals surface area contributed by atoms with Crippen LogP contribution in [0.25, 0.3) is 22.3 Å². The van der Waals surface area contributed by atoms with E-state index in [0.29, 0.717) is 34.7 Å². The molecule has 0 aliphatic carbocycles. The zero-order valence-electron chi connectivity index (χ0n) is 14.2. The summed E-state index contributed by atoms with van der Waals surface area (Å²) in [7, 11) is 0. The van der Waals surface area contributed by atoms with Crippen molar-refractivity contribution in [1.29, 1.82) is 0 Å². The highest BCUT2D eigenvalue weighted by atomic mass is 35.5. The second kappa shape index (κ2) is 7.25. The lowest BCUT2D eigenvalue weighted by Crippen LogP contribution is -2.34. The van der Waals surface area contributed by atoms with Crippen LogP contribution >= 0.6 is 11.6 Å². The van der Waals surface area contributed by atoms with Gasteiger partial charge in [-0.05, 0) is 36.2 Å². The topological polar surface area (TPSA) is 84.1 Å². The fraction of sp³-hybridized carbons (Fsp3) is 0.263. The first kappa shape index (κ1) is 17.5. The molecule has 0 amide bonds. The summed E-state index contributed by atoms with van der Waals surface area (Å²) in [5, 5.41) is 14.9. The standard InChI is InChI=1S/C19H21ClN4O/c1-11(2)15(21)10-22-18-13-5-3-4-6-16(13)23-19(24-18)14-8-7-12(20)9-17(14)25/h3-9,11,15,25H,10,21H2,1-2H3,(H,22,23,24). The number of phenolic OH excluding ortho intramolecular Hbond substituents is 1. The van der Waals surface area contributed by atoms with Gasteiger partial charge in [0, 0.05) is 23.0 Å². The Morgan fingerprint density at radius 1 is 1.16 bits per heavy atom. The summed E-state index contributed by atoms with van der Waals surface area (Å²) in [6.45, 7) is 4.77. The van der Waals surface area contributed by atoms with Crippen LogP contribution < -0.4 is 11.1 Å². The number of rotatable bonds is 5. The zero-order valence-corrected chi connectivity index (χ0v) is 15.0. The molecular formula is C19H21ClN4O. The van der Waals surface area contributed by atoms with E-state index in [2.05, 4.69) is 29.1 Å². The van der Waals surface area contributed by atoms with Crippen LogP contribution in [0.1, 0.15) is 13.8 Å². The van der Waals surface area contributed by atoms with Gasteiger partial charge in [-0.15, -0.1) is 0 Å². The third-order valence-corrected chi connectivity index (χ3v) is 4.40. The van der Waals surface area contributed by atoms with Crippen LogP contribution in [-0.4, -0.2) is 27.7 Å². The second-order valence-corrected chi connectivity index (χ2v) is 6.80. The number of aromatic nitrogens is 2. The van der Waals surface area contributed by atoms with Gasteiger partial charge in [-0.2, -0.15) is 0 Å². The Labute approximate surface area is 151 Å². The second-order valence-electron chi connectivity index (χ2n) is 6.36. The number of aromatic hydroxyl groups is 1. The van der Waals surface area contributed by atoms with Gasteiger partial charge in [0.15, 0.2) is 5.82 Å². The maximum Gasteiger partial charge on any atom is 0.165 e. The third-order valence-electron chi connectivity index (χ3n) is 4.17. The molecule has 1 heterocycles. The summed E-state index contributed by atoms with van der Waals surface area (Å²) in [6.07, 6.45) is 0. The lowest BCUT2D eigenvalue weighted by atomic mass is 10.1. The first-order chi connectivity index (χ1) is 12.0. The molecule has 1 unspecified atom stereocenters. The molecule has 0 bridgehead atoms. The number of nitrogens with zero attached hydrogens (tertiary/aromatic N) is 2. The molecule has 0 spiro atoms. The zero-order chi connectivity index (χ0) is 18.0. The minimum absolute atomic E-state index is 0.0149. The Morgan fingerprint density at radius 2 is 1.92 bits per heavy atom. The van der Waals surface area contributed by atoms with Gasteiger partial charge in [0.1, 0.15) is 11.6 Å². The molecule has 6 heteroatoms. The number of hydrogen-bond donors (Lipinski definition) is 3. The van der Waals surface area contributed by atoms with E-state index in [-0.39, 0.29) is 11.8 Å². The van der Waals surface area contributed by atoms with Gasteiger partial charge in [-0.1, -0.05) is 37.6 Å². The van der Waals surface area contributed by atoms with Crippen molar-refractivity contribution in [2.75, 3.05) is 11.9 Å². The Bertz CT molecular complexity index is 898. The maximum absolute atomic E-state index is 10.2. The monoisotopic (exact) mass is 356 g/mol. The van der Waals surface area contributed by atoms with Gasteiger partial charge in [-0.3, -0.25) is 0 Å². The number of hydrogen-bond acceptors (Lipinski definition) is 5. The first-order valence-electron chi connectivity index (χ1n) is 8.21. The van der Waals surface area contributed by atoms with E-state index in [1.165, 1.54) is 6.07 Å². The maximum atomic E-state index is 10.2. The number of phenols is 1. The molecule has 0 saturated carbocycles. The van der Waals surface area contributed by atoms with Crippen molar-refractivity contribution < 1.29 is 5.11 Å². The smallest absolute Gasteiger partial charge is 0.165 e. The Hall–Kier alpha value is -2.37. The molecule has 0 aliphatic heterocycles. The minimum atomic E-state index is 0.0149. The summed E-state index contributed by atoms with van der Waals surface area (Å²) in [5.41, 5.74) is 7.47. The molecule has 0 aliphatic rings. The molecule has 0 fully saturated rings. The largest absolute Gasteiger partial charge is 0.507 e.